The maximum absolute atomic E-state index is 14.8. The number of nitro groups is 1. The third kappa shape index (κ3) is 3.69. The number of ether oxygens (including phenoxy) is 1. The van der Waals surface area contributed by atoms with Crippen LogP contribution in [-0.4, -0.2) is 45.1 Å². The number of aromatic nitrogens is 1. The van der Waals surface area contributed by atoms with E-state index in [-0.39, 0.29) is 39.1 Å². The number of nitrogens with one attached hydrogen (secondary N) is 1. The molecule has 8 nitrogen and oxygen atoms in total. The Morgan fingerprint density at radius 1 is 1.48 bits per heavy atom. The summed E-state index contributed by atoms with van der Waals surface area (Å²) in [5.74, 6) is -0.540. The second-order valence-electron chi connectivity index (χ2n) is 8.97. The summed E-state index contributed by atoms with van der Waals surface area (Å²) in [6.07, 6.45) is 0.350. The smallest absolute Gasteiger partial charge is 0.410 e. The standard InChI is InChI=1S/C20H21BrClFN4O4/c1-8-5-10-15(13(23)12(8)21)25-18(22)17(27(29)30)16(10)24-14-9-6-11(14)26(7-9)19(28)31-20(2,3)4/h5,9,11,14H,6-7H2,1-4H3,(H,24,25). The number of rotatable bonds is 3. The van der Waals surface area contributed by atoms with Gasteiger partial charge in [0.25, 0.3) is 0 Å². The van der Waals surface area contributed by atoms with Gasteiger partial charge < -0.3 is 15.0 Å². The van der Waals surface area contributed by atoms with Crippen LogP contribution in [0.1, 0.15) is 32.8 Å². The molecule has 1 N–H and O–H groups in total. The molecule has 0 radical (unpaired) electrons. The molecule has 0 spiro atoms. The summed E-state index contributed by atoms with van der Waals surface area (Å²) in [6, 6.07) is 1.22. The molecule has 3 heterocycles. The molecule has 3 aliphatic rings. The van der Waals surface area contributed by atoms with Crippen molar-refractivity contribution >= 4 is 55.9 Å². The van der Waals surface area contributed by atoms with E-state index in [4.69, 9.17) is 16.3 Å². The molecule has 2 aliphatic heterocycles. The van der Waals surface area contributed by atoms with Crippen molar-refractivity contribution in [1.82, 2.24) is 9.88 Å². The molecule has 2 aromatic rings. The van der Waals surface area contributed by atoms with Crippen LogP contribution in [0.5, 0.6) is 0 Å². The van der Waals surface area contributed by atoms with E-state index in [2.05, 4.69) is 26.2 Å². The molecular weight excluding hydrogens is 495 g/mol. The Bertz CT molecular complexity index is 1120. The van der Waals surface area contributed by atoms with Crippen molar-refractivity contribution in [3.63, 3.8) is 0 Å². The summed E-state index contributed by atoms with van der Waals surface area (Å²) in [7, 11) is 0. The SMILES string of the molecule is Cc1cc2c(NC3C4CC3N(C(=O)OC(C)(C)C)C4)c([N+](=O)[O-])c(Cl)nc2c(F)c1Br. The second kappa shape index (κ2) is 7.44. The average Bonchev–Trinajstić information content (AvgIpc) is 3.23. The molecule has 166 valence electrons. The molecular formula is C20H21BrClFN4O4. The average molecular weight is 516 g/mol. The summed E-state index contributed by atoms with van der Waals surface area (Å²) < 4.78 is 20.5. The monoisotopic (exact) mass is 514 g/mol. The van der Waals surface area contributed by atoms with Gasteiger partial charge in [0.15, 0.2) is 5.82 Å². The molecule has 1 aromatic carbocycles. The predicted octanol–water partition coefficient (Wildman–Crippen LogP) is 5.43. The van der Waals surface area contributed by atoms with E-state index in [0.29, 0.717) is 12.1 Å². The van der Waals surface area contributed by atoms with Crippen LogP contribution < -0.4 is 5.32 Å². The zero-order valence-electron chi connectivity index (χ0n) is 17.3. The molecule has 1 aliphatic carbocycles. The van der Waals surface area contributed by atoms with Crippen molar-refractivity contribution in [1.29, 1.82) is 0 Å². The van der Waals surface area contributed by atoms with Crippen LogP contribution in [0.25, 0.3) is 10.9 Å². The van der Waals surface area contributed by atoms with Crippen LogP contribution in [0, 0.1) is 28.8 Å². The lowest BCUT2D eigenvalue weighted by Gasteiger charge is -2.37. The maximum atomic E-state index is 14.8. The van der Waals surface area contributed by atoms with E-state index >= 15 is 0 Å². The summed E-state index contributed by atoms with van der Waals surface area (Å²) >= 11 is 9.27. The lowest BCUT2D eigenvalue weighted by Crippen LogP contribution is -2.50. The Labute approximate surface area is 191 Å². The Hall–Kier alpha value is -2.20. The highest BCUT2D eigenvalue weighted by Crippen LogP contribution is 2.47. The number of hydrogen-bond donors (Lipinski definition) is 1. The Balaban J connectivity index is 1.73. The first-order valence-corrected chi connectivity index (χ1v) is 10.9. The normalized spacial score (nSPS) is 22.4. The topological polar surface area (TPSA) is 97.6 Å². The zero-order chi connectivity index (χ0) is 22.8. The molecule has 2 bridgehead atoms. The largest absolute Gasteiger partial charge is 0.444 e. The third-order valence-corrected chi connectivity index (χ3v) is 6.93. The fourth-order valence-corrected chi connectivity index (χ4v) is 4.82. The van der Waals surface area contributed by atoms with Gasteiger partial charge in [-0.1, -0.05) is 11.6 Å². The minimum atomic E-state index is -0.637. The lowest BCUT2D eigenvalue weighted by molar-refractivity contribution is -0.384. The lowest BCUT2D eigenvalue weighted by atomic mass is 9.79. The van der Waals surface area contributed by atoms with E-state index in [1.165, 1.54) is 0 Å². The van der Waals surface area contributed by atoms with Gasteiger partial charge in [-0.25, -0.2) is 14.2 Å². The maximum Gasteiger partial charge on any atom is 0.410 e. The van der Waals surface area contributed by atoms with Gasteiger partial charge in [0.05, 0.1) is 21.5 Å². The van der Waals surface area contributed by atoms with Crippen LogP contribution in [0.3, 0.4) is 0 Å². The number of fused-ring (bicyclic) bond motifs is 2. The zero-order valence-corrected chi connectivity index (χ0v) is 19.7. The first kappa shape index (κ1) is 22.0. The van der Waals surface area contributed by atoms with Gasteiger partial charge in [-0.05, 0) is 61.7 Å². The first-order chi connectivity index (χ1) is 14.4. The van der Waals surface area contributed by atoms with Gasteiger partial charge in [0, 0.05) is 17.8 Å². The number of hydrogen-bond acceptors (Lipinski definition) is 6. The van der Waals surface area contributed by atoms with E-state index in [9.17, 15) is 19.3 Å². The number of carbonyl (C=O) groups excluding carboxylic acids is 1. The minimum absolute atomic E-state index is 0.0637. The number of pyridine rings is 1. The van der Waals surface area contributed by atoms with Crippen LogP contribution in [0.2, 0.25) is 5.15 Å². The molecule has 3 fully saturated rings. The number of anilines is 1. The van der Waals surface area contributed by atoms with E-state index in [0.717, 1.165) is 6.42 Å². The van der Waals surface area contributed by atoms with Crippen molar-refractivity contribution in [3.05, 3.63) is 37.2 Å². The van der Waals surface area contributed by atoms with Crippen LogP contribution >= 0.6 is 27.5 Å². The van der Waals surface area contributed by atoms with Crippen molar-refractivity contribution in [2.45, 2.75) is 51.8 Å². The van der Waals surface area contributed by atoms with Crippen molar-refractivity contribution < 1.29 is 18.8 Å². The van der Waals surface area contributed by atoms with Crippen LogP contribution in [0.4, 0.5) is 20.6 Å². The molecule has 1 saturated carbocycles. The number of aryl methyl sites for hydroxylation is 1. The van der Waals surface area contributed by atoms with Gasteiger partial charge in [-0.3, -0.25) is 10.1 Å². The summed E-state index contributed by atoms with van der Waals surface area (Å²) in [4.78, 5) is 29.3. The summed E-state index contributed by atoms with van der Waals surface area (Å²) in [5, 5.41) is 14.8. The molecule has 31 heavy (non-hydrogen) atoms. The highest BCUT2D eigenvalue weighted by Gasteiger charge is 2.55. The summed E-state index contributed by atoms with van der Waals surface area (Å²) in [6.45, 7) is 7.56. The first-order valence-electron chi connectivity index (χ1n) is 9.77. The van der Waals surface area contributed by atoms with Crippen molar-refractivity contribution in [3.8, 4) is 0 Å². The van der Waals surface area contributed by atoms with Crippen molar-refractivity contribution in [2.75, 3.05) is 11.9 Å². The van der Waals surface area contributed by atoms with Gasteiger partial charge in [-0.15, -0.1) is 0 Å². The number of amides is 1. The Morgan fingerprint density at radius 3 is 2.77 bits per heavy atom. The highest BCUT2D eigenvalue weighted by atomic mass is 79.9. The van der Waals surface area contributed by atoms with E-state index in [1.54, 1.807) is 38.7 Å². The van der Waals surface area contributed by atoms with Crippen LogP contribution in [0.15, 0.2) is 10.5 Å². The Morgan fingerprint density at radius 2 is 2.16 bits per heavy atom. The fraction of sp³-hybridized carbons (Fsp3) is 0.500. The predicted molar refractivity (Wildman–Crippen MR) is 118 cm³/mol. The molecule has 11 heteroatoms. The van der Waals surface area contributed by atoms with Gasteiger partial charge >= 0.3 is 11.8 Å². The molecule has 2 saturated heterocycles. The number of halogens is 3. The fourth-order valence-electron chi connectivity index (χ4n) is 4.27. The third-order valence-electron chi connectivity index (χ3n) is 5.69. The summed E-state index contributed by atoms with van der Waals surface area (Å²) in [5.41, 5.74) is -0.418. The second-order valence-corrected chi connectivity index (χ2v) is 10.1. The molecule has 3 unspecified atom stereocenters. The van der Waals surface area contributed by atoms with Gasteiger partial charge in [0.1, 0.15) is 16.8 Å². The minimum Gasteiger partial charge on any atom is -0.444 e. The molecule has 5 rings (SSSR count). The van der Waals surface area contributed by atoms with E-state index < -0.39 is 33.3 Å². The number of nitrogens with zero attached hydrogens (tertiary/aromatic N) is 3. The molecule has 1 aromatic heterocycles. The number of benzene rings is 1. The quantitative estimate of drug-likeness (QED) is 0.333. The molecule has 1 amide bonds. The molecule has 3 atom stereocenters. The Kier molecular flexibility index (Phi) is 5.28. The van der Waals surface area contributed by atoms with Crippen molar-refractivity contribution in [2.24, 2.45) is 5.92 Å². The van der Waals surface area contributed by atoms with Crippen LogP contribution in [-0.2, 0) is 4.74 Å². The van der Waals surface area contributed by atoms with Gasteiger partial charge in [0.2, 0.25) is 5.15 Å². The van der Waals surface area contributed by atoms with Gasteiger partial charge in [-0.2, -0.15) is 0 Å². The number of carbonyl (C=O) groups is 1. The highest BCUT2D eigenvalue weighted by molar-refractivity contribution is 9.10. The van der Waals surface area contributed by atoms with E-state index in [1.807, 2.05) is 0 Å².